The molecule has 0 bridgehead atoms. The summed E-state index contributed by atoms with van der Waals surface area (Å²) >= 11 is 0. The quantitative estimate of drug-likeness (QED) is 0.322. The number of rotatable bonds is 12. The highest BCUT2D eigenvalue weighted by Gasteiger charge is 2.41. The van der Waals surface area contributed by atoms with E-state index in [1.54, 1.807) is 0 Å². The van der Waals surface area contributed by atoms with E-state index in [0.29, 0.717) is 12.3 Å². The van der Waals surface area contributed by atoms with Crippen molar-refractivity contribution in [1.29, 1.82) is 0 Å². The van der Waals surface area contributed by atoms with Crippen molar-refractivity contribution in [3.05, 3.63) is 58.8 Å². The number of ketones is 1. The molecule has 37 heavy (non-hydrogen) atoms. The Morgan fingerprint density at radius 1 is 0.946 bits per heavy atom. The number of fused-ring (bicyclic) bond motifs is 4. The number of nitrogens with zero attached hydrogens (tertiary/aromatic N) is 3. The molecule has 1 aromatic heterocycles. The first-order valence-electron chi connectivity index (χ1n) is 13.6. The first kappa shape index (κ1) is 27.2. The zero-order valence-corrected chi connectivity index (χ0v) is 23.2. The van der Waals surface area contributed by atoms with Gasteiger partial charge in [-0.2, -0.15) is 0 Å². The molecule has 0 radical (unpaired) electrons. The largest absolute Gasteiger partial charge is 0.492 e. The third-order valence-corrected chi connectivity index (χ3v) is 8.03. The summed E-state index contributed by atoms with van der Waals surface area (Å²) < 4.78 is 8.44. The van der Waals surface area contributed by atoms with Gasteiger partial charge >= 0.3 is 0 Å². The molecule has 0 amide bonds. The van der Waals surface area contributed by atoms with Gasteiger partial charge in [0, 0.05) is 41.7 Å². The van der Waals surface area contributed by atoms with E-state index in [9.17, 15) is 10.0 Å². The fourth-order valence-corrected chi connectivity index (χ4v) is 5.74. The minimum absolute atomic E-state index is 0.0512. The van der Waals surface area contributed by atoms with Crippen molar-refractivity contribution in [3.8, 4) is 5.75 Å². The number of carbonyl (C=O) groups is 1. The first-order chi connectivity index (χ1) is 17.8. The molecule has 2 aromatic carbocycles. The van der Waals surface area contributed by atoms with Crippen molar-refractivity contribution >= 4 is 22.4 Å². The molecular formula is C30H42N4O3. The summed E-state index contributed by atoms with van der Waals surface area (Å²) in [5.41, 5.74) is 6.97. The standard InChI is InChI=1S/C30H42N4O3/c1-7-32(8-2)15-16-34-26-19-21(31-36)11-13-24(26)27-28(35)23-14-12-22(37-18-17-33(9-3)10-4)20-25(23)30(5,6)29(27)34/h11-14,19-20,31,36H,7-10,15-18H2,1-6H3. The van der Waals surface area contributed by atoms with E-state index in [1.165, 1.54) is 0 Å². The van der Waals surface area contributed by atoms with Gasteiger partial charge < -0.3 is 19.1 Å². The van der Waals surface area contributed by atoms with Crippen LogP contribution in [0, 0.1) is 0 Å². The first-order valence-corrected chi connectivity index (χ1v) is 13.6. The Labute approximate surface area is 221 Å². The normalized spacial score (nSPS) is 14.4. The van der Waals surface area contributed by atoms with Crippen LogP contribution in [0.5, 0.6) is 5.75 Å². The van der Waals surface area contributed by atoms with Crippen molar-refractivity contribution in [2.45, 2.75) is 53.5 Å². The van der Waals surface area contributed by atoms with Crippen molar-refractivity contribution in [2.75, 3.05) is 51.4 Å². The Morgan fingerprint density at radius 3 is 2.27 bits per heavy atom. The second kappa shape index (κ2) is 11.3. The predicted octanol–water partition coefficient (Wildman–Crippen LogP) is 5.38. The second-order valence-electron chi connectivity index (χ2n) is 10.3. The number of hydrogen-bond acceptors (Lipinski definition) is 6. The topological polar surface area (TPSA) is 70.0 Å². The number of hydrogen-bond donors (Lipinski definition) is 2. The summed E-state index contributed by atoms with van der Waals surface area (Å²) in [5.74, 6) is 0.850. The summed E-state index contributed by atoms with van der Waals surface area (Å²) in [6, 6.07) is 11.6. The molecule has 0 fully saturated rings. The van der Waals surface area contributed by atoms with Crippen LogP contribution < -0.4 is 10.2 Å². The fraction of sp³-hybridized carbons (Fsp3) is 0.500. The average molecular weight is 507 g/mol. The number of nitrogens with one attached hydrogen (secondary N) is 1. The molecule has 0 spiro atoms. The van der Waals surface area contributed by atoms with Gasteiger partial charge in [0.05, 0.1) is 16.8 Å². The van der Waals surface area contributed by atoms with Crippen molar-refractivity contribution < 1.29 is 14.7 Å². The van der Waals surface area contributed by atoms with Crippen LogP contribution in [0.25, 0.3) is 10.9 Å². The molecule has 1 aliphatic rings. The molecular weight excluding hydrogens is 464 g/mol. The number of anilines is 1. The van der Waals surface area contributed by atoms with Gasteiger partial charge in [0.2, 0.25) is 0 Å². The van der Waals surface area contributed by atoms with Gasteiger partial charge in [-0.1, -0.05) is 41.5 Å². The van der Waals surface area contributed by atoms with Crippen LogP contribution in [0.4, 0.5) is 5.69 Å². The predicted molar refractivity (Wildman–Crippen MR) is 150 cm³/mol. The second-order valence-corrected chi connectivity index (χ2v) is 10.3. The molecule has 2 N–H and O–H groups in total. The van der Waals surface area contributed by atoms with Crippen molar-refractivity contribution in [2.24, 2.45) is 0 Å². The number of aromatic nitrogens is 1. The highest BCUT2D eigenvalue weighted by molar-refractivity contribution is 6.20. The van der Waals surface area contributed by atoms with Gasteiger partial charge in [-0.25, -0.2) is 0 Å². The molecule has 0 saturated heterocycles. The summed E-state index contributed by atoms with van der Waals surface area (Å²) in [4.78, 5) is 18.7. The lowest BCUT2D eigenvalue weighted by atomic mass is 9.71. The van der Waals surface area contributed by atoms with Crippen LogP contribution in [-0.2, 0) is 12.0 Å². The van der Waals surface area contributed by atoms with Gasteiger partial charge in [0.15, 0.2) is 5.78 Å². The molecule has 0 aliphatic heterocycles. The molecule has 3 aromatic rings. The van der Waals surface area contributed by atoms with Gasteiger partial charge in [-0.3, -0.25) is 15.5 Å². The van der Waals surface area contributed by atoms with E-state index in [0.717, 1.165) is 84.9 Å². The SMILES string of the molecule is CCN(CC)CCOc1ccc2c(c1)C(C)(C)c1c(c3ccc(NO)cc3n1CCN(CC)CC)C2=O. The molecule has 200 valence electrons. The third-order valence-electron chi connectivity index (χ3n) is 8.03. The maximum Gasteiger partial charge on any atom is 0.195 e. The highest BCUT2D eigenvalue weighted by Crippen LogP contribution is 2.46. The summed E-state index contributed by atoms with van der Waals surface area (Å²) in [6.45, 7) is 20.1. The third kappa shape index (κ3) is 5.00. The van der Waals surface area contributed by atoms with Gasteiger partial charge in [0.25, 0.3) is 0 Å². The Bertz CT molecular complexity index is 1260. The average Bonchev–Trinajstić information content (AvgIpc) is 3.25. The van der Waals surface area contributed by atoms with Crippen molar-refractivity contribution in [1.82, 2.24) is 14.4 Å². The van der Waals surface area contributed by atoms with E-state index in [4.69, 9.17) is 4.74 Å². The summed E-state index contributed by atoms with van der Waals surface area (Å²) in [6.07, 6.45) is 0. The van der Waals surface area contributed by atoms with Crippen LogP contribution in [0.1, 0.15) is 68.7 Å². The number of carbonyl (C=O) groups excluding carboxylic acids is 1. The molecule has 0 saturated carbocycles. The Morgan fingerprint density at radius 2 is 1.62 bits per heavy atom. The number of benzene rings is 2. The van der Waals surface area contributed by atoms with Crippen LogP contribution >= 0.6 is 0 Å². The van der Waals surface area contributed by atoms with E-state index in [2.05, 4.69) is 67.5 Å². The smallest absolute Gasteiger partial charge is 0.195 e. The van der Waals surface area contributed by atoms with E-state index < -0.39 is 5.41 Å². The zero-order chi connectivity index (χ0) is 26.7. The van der Waals surface area contributed by atoms with Crippen molar-refractivity contribution in [3.63, 3.8) is 0 Å². The van der Waals surface area contributed by atoms with E-state index >= 15 is 0 Å². The number of ether oxygens (including phenoxy) is 1. The molecule has 0 unspecified atom stereocenters. The lowest BCUT2D eigenvalue weighted by Crippen LogP contribution is -2.34. The molecule has 7 heteroatoms. The van der Waals surface area contributed by atoms with Gasteiger partial charge in [-0.05, 0) is 68.1 Å². The number of likely N-dealkylation sites (N-methyl/N-ethyl adjacent to an activating group) is 2. The van der Waals surface area contributed by atoms with E-state index in [1.807, 2.05) is 30.3 Å². The van der Waals surface area contributed by atoms with Crippen LogP contribution in [0.2, 0.25) is 0 Å². The Kier molecular flexibility index (Phi) is 8.26. The maximum atomic E-state index is 14.0. The van der Waals surface area contributed by atoms with E-state index in [-0.39, 0.29) is 5.78 Å². The molecule has 1 aliphatic carbocycles. The molecule has 7 nitrogen and oxygen atoms in total. The zero-order valence-electron chi connectivity index (χ0n) is 23.2. The minimum atomic E-state index is -0.411. The lowest BCUT2D eigenvalue weighted by molar-refractivity contribution is 0.103. The molecule has 4 rings (SSSR count). The van der Waals surface area contributed by atoms with Crippen LogP contribution in [-0.4, -0.2) is 71.2 Å². The Hall–Kier alpha value is -2.87. The molecule has 1 heterocycles. The summed E-state index contributed by atoms with van der Waals surface area (Å²) in [5, 5.41) is 10.5. The summed E-state index contributed by atoms with van der Waals surface area (Å²) in [7, 11) is 0. The maximum absolute atomic E-state index is 14.0. The fourth-order valence-electron chi connectivity index (χ4n) is 5.74. The minimum Gasteiger partial charge on any atom is -0.492 e. The lowest BCUT2D eigenvalue weighted by Gasteiger charge is -2.35. The highest BCUT2D eigenvalue weighted by atomic mass is 16.5. The Balaban J connectivity index is 1.79. The van der Waals surface area contributed by atoms with Crippen LogP contribution in [0.15, 0.2) is 36.4 Å². The van der Waals surface area contributed by atoms with Crippen LogP contribution in [0.3, 0.4) is 0 Å². The molecule has 0 atom stereocenters. The van der Waals surface area contributed by atoms with Gasteiger partial charge in [-0.15, -0.1) is 0 Å². The monoisotopic (exact) mass is 506 g/mol. The van der Waals surface area contributed by atoms with Gasteiger partial charge in [0.1, 0.15) is 12.4 Å².